The smallest absolute Gasteiger partial charge is 0.145 e. The number of halogens is 1. The molecular formula is C16H22ClN3S. The van der Waals surface area contributed by atoms with Gasteiger partial charge in [-0.3, -0.25) is 4.90 Å². The van der Waals surface area contributed by atoms with Gasteiger partial charge in [0.25, 0.3) is 0 Å². The van der Waals surface area contributed by atoms with Crippen LogP contribution in [0.25, 0.3) is 10.2 Å². The van der Waals surface area contributed by atoms with Crippen LogP contribution in [0.15, 0.2) is 0 Å². The lowest BCUT2D eigenvalue weighted by molar-refractivity contribution is 0.125. The van der Waals surface area contributed by atoms with Crippen LogP contribution in [0.4, 0.5) is 0 Å². The molecule has 3 nitrogen and oxygen atoms in total. The number of nitrogens with zero attached hydrogens (tertiary/aromatic N) is 3. The van der Waals surface area contributed by atoms with Crippen molar-refractivity contribution in [2.45, 2.75) is 47.1 Å². The predicted molar refractivity (Wildman–Crippen MR) is 90.2 cm³/mol. The molecule has 3 rings (SSSR count). The van der Waals surface area contributed by atoms with Crippen molar-refractivity contribution in [1.82, 2.24) is 14.9 Å². The Labute approximate surface area is 135 Å². The number of aromatic nitrogens is 2. The first-order chi connectivity index (χ1) is 9.85. The average Bonchev–Trinajstić information content (AvgIpc) is 2.68. The molecule has 0 radical (unpaired) electrons. The van der Waals surface area contributed by atoms with Gasteiger partial charge in [0.05, 0.1) is 11.9 Å². The Morgan fingerprint density at radius 3 is 2.52 bits per heavy atom. The number of aryl methyl sites for hydroxylation is 2. The van der Waals surface area contributed by atoms with Gasteiger partial charge in [-0.1, -0.05) is 25.4 Å². The fraction of sp³-hybridized carbons (Fsp3) is 0.625. The molecule has 0 spiro atoms. The Balaban J connectivity index is 1.82. The second-order valence-electron chi connectivity index (χ2n) is 6.83. The number of hydrogen-bond donors (Lipinski definition) is 0. The van der Waals surface area contributed by atoms with Gasteiger partial charge in [0.15, 0.2) is 0 Å². The van der Waals surface area contributed by atoms with Crippen LogP contribution in [0.1, 0.15) is 43.0 Å². The molecule has 1 aliphatic heterocycles. The molecule has 21 heavy (non-hydrogen) atoms. The molecule has 2 aromatic rings. The zero-order chi connectivity index (χ0) is 15.2. The molecule has 1 aliphatic rings. The minimum absolute atomic E-state index is 0.473. The molecule has 3 heterocycles. The quantitative estimate of drug-likeness (QED) is 0.757. The van der Waals surface area contributed by atoms with Crippen LogP contribution in [-0.4, -0.2) is 28.0 Å². The summed E-state index contributed by atoms with van der Waals surface area (Å²) in [6, 6.07) is 0. The SMILES string of the molecule is Cc1sc2nc(CN3CCC(C)(C)CC3)nc(Cl)c2c1C. The maximum atomic E-state index is 6.38. The molecular weight excluding hydrogens is 302 g/mol. The van der Waals surface area contributed by atoms with E-state index in [2.05, 4.69) is 37.6 Å². The molecule has 0 atom stereocenters. The Morgan fingerprint density at radius 1 is 1.19 bits per heavy atom. The van der Waals surface area contributed by atoms with Gasteiger partial charge in [-0.05, 0) is 50.8 Å². The summed E-state index contributed by atoms with van der Waals surface area (Å²) in [5.74, 6) is 0.855. The van der Waals surface area contributed by atoms with Crippen LogP contribution in [-0.2, 0) is 6.54 Å². The van der Waals surface area contributed by atoms with Gasteiger partial charge in [-0.15, -0.1) is 11.3 Å². The van der Waals surface area contributed by atoms with Gasteiger partial charge in [0.2, 0.25) is 0 Å². The second kappa shape index (κ2) is 5.49. The number of hydrogen-bond acceptors (Lipinski definition) is 4. The van der Waals surface area contributed by atoms with E-state index in [1.54, 1.807) is 11.3 Å². The molecule has 0 aliphatic carbocycles. The average molecular weight is 324 g/mol. The van der Waals surface area contributed by atoms with Crippen LogP contribution in [0.2, 0.25) is 5.15 Å². The van der Waals surface area contributed by atoms with Gasteiger partial charge in [-0.25, -0.2) is 9.97 Å². The Hall–Kier alpha value is -0.710. The van der Waals surface area contributed by atoms with E-state index in [1.165, 1.54) is 23.3 Å². The Morgan fingerprint density at radius 2 is 1.86 bits per heavy atom. The van der Waals surface area contributed by atoms with Crippen LogP contribution in [0.3, 0.4) is 0 Å². The zero-order valence-electron chi connectivity index (χ0n) is 13.2. The topological polar surface area (TPSA) is 29.0 Å². The molecule has 5 heteroatoms. The van der Waals surface area contributed by atoms with E-state index in [0.29, 0.717) is 10.6 Å². The summed E-state index contributed by atoms with van der Waals surface area (Å²) in [5.41, 5.74) is 1.69. The summed E-state index contributed by atoms with van der Waals surface area (Å²) >= 11 is 8.10. The van der Waals surface area contributed by atoms with Crippen molar-refractivity contribution in [3.05, 3.63) is 21.4 Å². The van der Waals surface area contributed by atoms with Crippen molar-refractivity contribution in [2.75, 3.05) is 13.1 Å². The van der Waals surface area contributed by atoms with Crippen LogP contribution < -0.4 is 0 Å². The summed E-state index contributed by atoms with van der Waals surface area (Å²) in [5, 5.41) is 1.64. The number of thiophene rings is 1. The van der Waals surface area contributed by atoms with E-state index in [-0.39, 0.29) is 0 Å². The molecule has 2 aromatic heterocycles. The summed E-state index contributed by atoms with van der Waals surface area (Å²) in [4.78, 5) is 14.0. The molecule has 0 unspecified atom stereocenters. The van der Waals surface area contributed by atoms with Crippen molar-refractivity contribution >= 4 is 33.2 Å². The molecule has 0 amide bonds. The van der Waals surface area contributed by atoms with E-state index < -0.39 is 0 Å². The highest BCUT2D eigenvalue weighted by atomic mass is 35.5. The first kappa shape index (κ1) is 15.2. The van der Waals surface area contributed by atoms with E-state index in [4.69, 9.17) is 16.6 Å². The van der Waals surface area contributed by atoms with E-state index >= 15 is 0 Å². The largest absolute Gasteiger partial charge is 0.296 e. The van der Waals surface area contributed by atoms with Crippen molar-refractivity contribution < 1.29 is 0 Å². The Bertz CT molecular complexity index is 668. The fourth-order valence-corrected chi connectivity index (χ4v) is 4.26. The lowest BCUT2D eigenvalue weighted by Gasteiger charge is -2.36. The monoisotopic (exact) mass is 323 g/mol. The fourth-order valence-electron chi connectivity index (χ4n) is 2.83. The van der Waals surface area contributed by atoms with Crippen LogP contribution in [0.5, 0.6) is 0 Å². The number of rotatable bonds is 2. The van der Waals surface area contributed by atoms with Gasteiger partial charge in [-0.2, -0.15) is 0 Å². The number of piperidine rings is 1. The van der Waals surface area contributed by atoms with E-state index in [9.17, 15) is 0 Å². The molecule has 0 aromatic carbocycles. The standard InChI is InChI=1S/C16H22ClN3S/c1-10-11(2)21-15-13(10)14(17)18-12(19-15)9-20-7-5-16(3,4)6-8-20/h5-9H2,1-4H3. The summed E-state index contributed by atoms with van der Waals surface area (Å²) in [6.07, 6.45) is 2.47. The zero-order valence-corrected chi connectivity index (χ0v) is 14.7. The molecule has 0 N–H and O–H groups in total. The van der Waals surface area contributed by atoms with Crippen molar-refractivity contribution in [2.24, 2.45) is 5.41 Å². The minimum Gasteiger partial charge on any atom is -0.296 e. The Kier molecular flexibility index (Phi) is 3.97. The highest BCUT2D eigenvalue weighted by Crippen LogP contribution is 2.34. The first-order valence-electron chi connectivity index (χ1n) is 7.50. The van der Waals surface area contributed by atoms with Gasteiger partial charge >= 0.3 is 0 Å². The lowest BCUT2D eigenvalue weighted by atomic mass is 9.83. The van der Waals surface area contributed by atoms with Crippen molar-refractivity contribution in [3.8, 4) is 0 Å². The van der Waals surface area contributed by atoms with Crippen LogP contribution in [0, 0.1) is 19.3 Å². The summed E-state index contributed by atoms with van der Waals surface area (Å²) < 4.78 is 0. The number of likely N-dealkylation sites (tertiary alicyclic amines) is 1. The molecule has 0 saturated carbocycles. The third kappa shape index (κ3) is 3.08. The lowest BCUT2D eigenvalue weighted by Crippen LogP contribution is -2.37. The van der Waals surface area contributed by atoms with Gasteiger partial charge in [0.1, 0.15) is 15.8 Å². The maximum absolute atomic E-state index is 6.38. The highest BCUT2D eigenvalue weighted by molar-refractivity contribution is 7.18. The van der Waals surface area contributed by atoms with E-state index in [1.807, 2.05) is 0 Å². The predicted octanol–water partition coefficient (Wildman–Crippen LogP) is 4.58. The highest BCUT2D eigenvalue weighted by Gasteiger charge is 2.26. The third-order valence-electron chi connectivity index (χ3n) is 4.61. The second-order valence-corrected chi connectivity index (χ2v) is 8.40. The third-order valence-corrected chi connectivity index (χ3v) is 5.98. The maximum Gasteiger partial charge on any atom is 0.145 e. The molecule has 1 fully saturated rings. The van der Waals surface area contributed by atoms with Gasteiger partial charge < -0.3 is 0 Å². The van der Waals surface area contributed by atoms with Crippen LogP contribution >= 0.6 is 22.9 Å². The normalized spacial score (nSPS) is 19.3. The van der Waals surface area contributed by atoms with Gasteiger partial charge in [0, 0.05) is 4.88 Å². The van der Waals surface area contributed by atoms with Crippen molar-refractivity contribution in [3.63, 3.8) is 0 Å². The van der Waals surface area contributed by atoms with E-state index in [0.717, 1.165) is 35.7 Å². The number of fused-ring (bicyclic) bond motifs is 1. The summed E-state index contributed by atoms with van der Waals surface area (Å²) in [7, 11) is 0. The van der Waals surface area contributed by atoms with Crippen molar-refractivity contribution in [1.29, 1.82) is 0 Å². The first-order valence-corrected chi connectivity index (χ1v) is 8.70. The summed E-state index contributed by atoms with van der Waals surface area (Å²) in [6.45, 7) is 12.0. The molecule has 1 saturated heterocycles. The molecule has 0 bridgehead atoms. The molecule has 114 valence electrons. The minimum atomic E-state index is 0.473.